The first-order chi connectivity index (χ1) is 14.0. The van der Waals surface area contributed by atoms with E-state index in [0.29, 0.717) is 16.6 Å². The van der Waals surface area contributed by atoms with E-state index in [0.717, 1.165) is 25.7 Å². The van der Waals surface area contributed by atoms with Crippen LogP contribution >= 0.6 is 0 Å². The van der Waals surface area contributed by atoms with Crippen LogP contribution in [0.15, 0.2) is 34.9 Å². The molecule has 0 N–H and O–H groups in total. The van der Waals surface area contributed by atoms with E-state index in [1.54, 1.807) is 7.11 Å². The van der Waals surface area contributed by atoms with Crippen LogP contribution in [0.2, 0.25) is 16.6 Å². The Morgan fingerprint density at radius 2 is 1.40 bits per heavy atom. The second-order valence-corrected chi connectivity index (χ2v) is 14.8. The van der Waals surface area contributed by atoms with E-state index >= 15 is 0 Å². The van der Waals surface area contributed by atoms with Gasteiger partial charge in [-0.2, -0.15) is 0 Å². The summed E-state index contributed by atoms with van der Waals surface area (Å²) in [5.41, 5.74) is 5.60. The summed E-state index contributed by atoms with van der Waals surface area (Å²) in [6.45, 7) is 23.1. The molecule has 0 heterocycles. The molecule has 0 saturated carbocycles. The highest BCUT2D eigenvalue weighted by Crippen LogP contribution is 2.43. The zero-order valence-electron chi connectivity index (χ0n) is 21.3. The average Bonchev–Trinajstić information content (AvgIpc) is 2.66. The van der Waals surface area contributed by atoms with Gasteiger partial charge in [-0.05, 0) is 75.2 Å². The first-order valence-corrected chi connectivity index (χ1v) is 13.6. The molecular weight excluding hydrogens is 384 g/mol. The number of hydrogen-bond acceptors (Lipinski definition) is 2. The van der Waals surface area contributed by atoms with E-state index < -0.39 is 8.32 Å². The molecule has 0 aliphatic carbocycles. The van der Waals surface area contributed by atoms with Gasteiger partial charge < -0.3 is 9.16 Å². The summed E-state index contributed by atoms with van der Waals surface area (Å²) in [4.78, 5) is 0. The van der Waals surface area contributed by atoms with Crippen LogP contribution in [0.5, 0.6) is 0 Å². The minimum atomic E-state index is -1.98. The van der Waals surface area contributed by atoms with Crippen molar-refractivity contribution in [3.05, 3.63) is 41.6 Å². The lowest BCUT2D eigenvalue weighted by Gasteiger charge is -2.43. The van der Waals surface area contributed by atoms with E-state index in [4.69, 9.17) is 15.6 Å². The fraction of sp³-hybridized carbons (Fsp3) is 0.667. The highest BCUT2D eigenvalue weighted by molar-refractivity contribution is 6.77. The topological polar surface area (TPSA) is 18.5 Å². The van der Waals surface area contributed by atoms with Crippen LogP contribution in [-0.4, -0.2) is 21.5 Å². The Labute approximate surface area is 189 Å². The van der Waals surface area contributed by atoms with Crippen LogP contribution in [0.3, 0.4) is 0 Å². The van der Waals surface area contributed by atoms with Crippen molar-refractivity contribution in [3.63, 3.8) is 0 Å². The van der Waals surface area contributed by atoms with Crippen molar-refractivity contribution in [1.29, 1.82) is 0 Å². The zero-order chi connectivity index (χ0) is 23.3. The smallest absolute Gasteiger partial charge is 0.202 e. The Bertz CT molecular complexity index is 595. The van der Waals surface area contributed by atoms with Crippen molar-refractivity contribution in [2.75, 3.05) is 7.11 Å². The summed E-state index contributed by atoms with van der Waals surface area (Å²) in [5, 5.41) is 0. The van der Waals surface area contributed by atoms with Gasteiger partial charge in [-0.1, -0.05) is 70.3 Å². The molecule has 0 bridgehead atoms. The minimum absolute atomic E-state index is 0.227. The maximum Gasteiger partial charge on any atom is 0.202 e. The van der Waals surface area contributed by atoms with E-state index in [1.165, 1.54) is 16.7 Å². The van der Waals surface area contributed by atoms with Crippen molar-refractivity contribution >= 4 is 8.32 Å². The zero-order valence-corrected chi connectivity index (χ0v) is 22.3. The Kier molecular flexibility index (Phi) is 14.3. The summed E-state index contributed by atoms with van der Waals surface area (Å²) in [7, 11) is -0.355. The SMILES string of the molecule is C#CC(/C=C(\C)CC/C=C(\C)CC/C(C)=C/[C]OC)O[Si](C(C)C)(C(C)C)C(C)C. The molecule has 0 rings (SSSR count). The molecule has 30 heavy (non-hydrogen) atoms. The number of rotatable bonds is 14. The fourth-order valence-corrected chi connectivity index (χ4v) is 9.75. The predicted octanol–water partition coefficient (Wildman–Crippen LogP) is 8.26. The summed E-state index contributed by atoms with van der Waals surface area (Å²) < 4.78 is 11.6. The van der Waals surface area contributed by atoms with E-state index in [-0.39, 0.29) is 6.10 Å². The normalized spacial score (nSPS) is 15.3. The average molecular weight is 431 g/mol. The summed E-state index contributed by atoms with van der Waals surface area (Å²) in [5.74, 6) is 2.90. The molecule has 0 aliphatic heterocycles. The number of terminal acetylenes is 1. The Morgan fingerprint density at radius 3 is 1.87 bits per heavy atom. The van der Waals surface area contributed by atoms with Gasteiger partial charge in [-0.3, -0.25) is 0 Å². The van der Waals surface area contributed by atoms with Crippen LogP contribution in [0.4, 0.5) is 0 Å². The lowest BCUT2D eigenvalue weighted by molar-refractivity contribution is 0.264. The monoisotopic (exact) mass is 430 g/mol. The number of methoxy groups -OCH3 is 1. The van der Waals surface area contributed by atoms with Crippen molar-refractivity contribution in [2.45, 2.75) is 111 Å². The molecule has 2 radical (unpaired) electrons. The van der Waals surface area contributed by atoms with Crippen molar-refractivity contribution in [3.8, 4) is 12.3 Å². The van der Waals surface area contributed by atoms with Gasteiger partial charge in [-0.25, -0.2) is 0 Å². The predicted molar refractivity (Wildman–Crippen MR) is 135 cm³/mol. The highest BCUT2D eigenvalue weighted by Gasteiger charge is 2.46. The third kappa shape index (κ3) is 9.82. The third-order valence-corrected chi connectivity index (χ3v) is 12.1. The second-order valence-electron chi connectivity index (χ2n) is 9.44. The minimum Gasteiger partial charge on any atom is -0.399 e. The van der Waals surface area contributed by atoms with Crippen molar-refractivity contribution < 1.29 is 9.16 Å². The molecule has 170 valence electrons. The second kappa shape index (κ2) is 14.8. The third-order valence-electron chi connectivity index (χ3n) is 6.01. The van der Waals surface area contributed by atoms with Crippen LogP contribution in [0.1, 0.15) is 88.0 Å². The maximum absolute atomic E-state index is 6.76. The molecule has 0 aromatic rings. The maximum atomic E-state index is 6.76. The molecule has 3 heteroatoms. The molecule has 0 amide bonds. The van der Waals surface area contributed by atoms with Crippen molar-refractivity contribution in [1.82, 2.24) is 0 Å². The van der Waals surface area contributed by atoms with Crippen LogP contribution in [0.25, 0.3) is 0 Å². The number of allylic oxidation sites excluding steroid dienone is 4. The van der Waals surface area contributed by atoms with Crippen LogP contribution in [-0.2, 0) is 9.16 Å². The van der Waals surface area contributed by atoms with Crippen molar-refractivity contribution in [2.24, 2.45) is 0 Å². The van der Waals surface area contributed by atoms with E-state index in [1.807, 2.05) is 6.08 Å². The lowest BCUT2D eigenvalue weighted by Crippen LogP contribution is -2.49. The lowest BCUT2D eigenvalue weighted by atomic mass is 10.0. The standard InChI is InChI=1S/C27H46O2Si/c1-12-27(29-30(21(2)3,22(4)5)23(6)7)20-26(10)15-13-14-24(8)16-17-25(9)18-19-28-11/h1,14,18,20-23,27H,13,15-17H2,2-11H3/b24-14+,25-18+,26-20+. The van der Waals surface area contributed by atoms with Gasteiger partial charge in [0.1, 0.15) is 6.10 Å². The van der Waals surface area contributed by atoms with Gasteiger partial charge in [0.05, 0.1) is 0 Å². The molecule has 0 aliphatic rings. The fourth-order valence-electron chi connectivity index (χ4n) is 4.36. The Hall–Kier alpha value is -1.08. The summed E-state index contributed by atoms with van der Waals surface area (Å²) in [6, 6.07) is 0. The van der Waals surface area contributed by atoms with Gasteiger partial charge in [0.25, 0.3) is 0 Å². The molecule has 1 unspecified atom stereocenters. The van der Waals surface area contributed by atoms with E-state index in [9.17, 15) is 0 Å². The van der Waals surface area contributed by atoms with E-state index in [2.05, 4.69) is 87.0 Å². The molecule has 0 aromatic heterocycles. The Balaban J connectivity index is 4.94. The van der Waals surface area contributed by atoms with Gasteiger partial charge >= 0.3 is 0 Å². The molecule has 0 spiro atoms. The number of ether oxygens (including phenoxy) is 1. The van der Waals surface area contributed by atoms with Gasteiger partial charge in [0, 0.05) is 7.11 Å². The molecule has 0 aromatic carbocycles. The van der Waals surface area contributed by atoms with Gasteiger partial charge in [0.2, 0.25) is 8.32 Å². The largest absolute Gasteiger partial charge is 0.399 e. The van der Waals surface area contributed by atoms with Crippen LogP contribution < -0.4 is 0 Å². The summed E-state index contributed by atoms with van der Waals surface area (Å²) >= 11 is 0. The first kappa shape index (κ1) is 28.9. The van der Waals surface area contributed by atoms with Crippen LogP contribution in [0, 0.1) is 19.0 Å². The Morgan fingerprint density at radius 1 is 0.867 bits per heavy atom. The molecule has 0 fully saturated rings. The molecule has 1 atom stereocenters. The molecule has 2 nitrogen and oxygen atoms in total. The quantitative estimate of drug-likeness (QED) is 0.157. The van der Waals surface area contributed by atoms with Gasteiger partial charge in [-0.15, -0.1) is 6.42 Å². The summed E-state index contributed by atoms with van der Waals surface area (Å²) in [6.07, 6.45) is 16.2. The number of hydrogen-bond donors (Lipinski definition) is 0. The van der Waals surface area contributed by atoms with Gasteiger partial charge in [0.15, 0.2) is 6.61 Å². The molecule has 0 saturated heterocycles. The molecular formula is C27H46O2Si. The first-order valence-electron chi connectivity index (χ1n) is 11.4. The highest BCUT2D eigenvalue weighted by atomic mass is 28.4.